The third-order valence-electron chi connectivity index (χ3n) is 11.5. The Hall–Kier alpha value is -2.91. The standard InChI is InChI=1S/C36H52N6O6S/c1-19-27-14-24(36(27,3)4)15-28(19)38-34(46)31-30(20(2)44)29(17-43)48-42(31)16-21-9-8-10-26(32(21)47-7)22-11-23(13-25(12-22)41(5)6)33(45)39-35-40-37-18-49-35/h8-13,19-20,24,27-31,35,37,40,43-44H,14-18H2,1-7H3,(H,38,46)(H,39,45)/t19-,20-,24+,27-,28-,29-,30+,31-,35?/m0/s1. The minimum Gasteiger partial charge on any atom is -0.496 e. The molecular formula is C36H52N6O6S. The number of aliphatic hydroxyl groups excluding tert-OH is 2. The number of hydroxylamine groups is 2. The summed E-state index contributed by atoms with van der Waals surface area (Å²) in [5, 5.41) is 29.1. The predicted octanol–water partition coefficient (Wildman–Crippen LogP) is 2.90. The number of hydrogen-bond donors (Lipinski definition) is 6. The zero-order valence-electron chi connectivity index (χ0n) is 29.5. The van der Waals surface area contributed by atoms with Crippen LogP contribution in [0.1, 0.15) is 56.5 Å². The van der Waals surface area contributed by atoms with Crippen molar-refractivity contribution in [1.29, 1.82) is 0 Å². The van der Waals surface area contributed by atoms with E-state index in [2.05, 4.69) is 42.3 Å². The molecule has 0 aromatic heterocycles. The number of carbonyl (C=O) groups excluding carboxylic acids is 2. The topological polar surface area (TPSA) is 148 Å². The van der Waals surface area contributed by atoms with Crippen molar-refractivity contribution in [3.05, 3.63) is 47.5 Å². The van der Waals surface area contributed by atoms with Crippen LogP contribution in [-0.4, -0.2) is 90.6 Å². The summed E-state index contributed by atoms with van der Waals surface area (Å²) >= 11 is 1.56. The molecule has 49 heavy (non-hydrogen) atoms. The Morgan fingerprint density at radius 3 is 2.59 bits per heavy atom. The van der Waals surface area contributed by atoms with Gasteiger partial charge in [0.25, 0.3) is 5.91 Å². The summed E-state index contributed by atoms with van der Waals surface area (Å²) < 4.78 is 6.03. The summed E-state index contributed by atoms with van der Waals surface area (Å²) in [7, 11) is 5.46. The fourth-order valence-corrected chi connectivity index (χ4v) is 9.26. The molecule has 5 fully saturated rings. The number of carbonyl (C=O) groups is 2. The summed E-state index contributed by atoms with van der Waals surface area (Å²) in [6, 6.07) is 10.7. The van der Waals surface area contributed by atoms with E-state index in [0.29, 0.717) is 34.9 Å². The van der Waals surface area contributed by atoms with E-state index in [0.717, 1.165) is 28.8 Å². The summed E-state index contributed by atoms with van der Waals surface area (Å²) in [5.74, 6) is 1.70. The van der Waals surface area contributed by atoms with Gasteiger partial charge in [-0.1, -0.05) is 39.0 Å². The molecule has 2 aromatic carbocycles. The summed E-state index contributed by atoms with van der Waals surface area (Å²) in [5.41, 5.74) is 9.77. The van der Waals surface area contributed by atoms with Gasteiger partial charge in [0.2, 0.25) is 5.91 Å². The van der Waals surface area contributed by atoms with Crippen molar-refractivity contribution < 1.29 is 29.4 Å². The Labute approximate surface area is 293 Å². The molecule has 7 rings (SSSR count). The number of fused-ring (bicyclic) bond motifs is 2. The first kappa shape index (κ1) is 35.9. The number of rotatable bonds is 11. The van der Waals surface area contributed by atoms with Gasteiger partial charge in [0.05, 0.1) is 32.2 Å². The number of ether oxygens (including phenoxy) is 1. The maximum absolute atomic E-state index is 14.2. The van der Waals surface area contributed by atoms with Gasteiger partial charge in [-0.05, 0) is 66.7 Å². The molecule has 3 aliphatic carbocycles. The van der Waals surface area contributed by atoms with Crippen LogP contribution in [0.2, 0.25) is 0 Å². The summed E-state index contributed by atoms with van der Waals surface area (Å²) in [6.07, 6.45) is 0.494. The Kier molecular flexibility index (Phi) is 10.5. The number of benzene rings is 2. The van der Waals surface area contributed by atoms with Crippen LogP contribution >= 0.6 is 11.8 Å². The second-order valence-corrected chi connectivity index (χ2v) is 16.0. The third kappa shape index (κ3) is 6.91. The molecule has 2 aliphatic heterocycles. The third-order valence-corrected chi connectivity index (χ3v) is 12.4. The van der Waals surface area contributed by atoms with Gasteiger partial charge in [-0.25, -0.2) is 10.9 Å². The van der Waals surface area contributed by atoms with Crippen molar-refractivity contribution >= 4 is 29.3 Å². The number of methoxy groups -OCH3 is 1. The average molecular weight is 697 g/mol. The zero-order chi connectivity index (χ0) is 35.2. The normalized spacial score (nSPS) is 31.1. The van der Waals surface area contributed by atoms with E-state index in [1.54, 1.807) is 30.9 Å². The minimum atomic E-state index is -0.894. The Bertz CT molecular complexity index is 1530. The number of hydrazine groups is 1. The number of amides is 2. The van der Waals surface area contributed by atoms with Crippen LogP contribution in [-0.2, 0) is 16.2 Å². The second-order valence-electron chi connectivity index (χ2n) is 14.9. The predicted molar refractivity (Wildman–Crippen MR) is 190 cm³/mol. The number of hydrogen-bond acceptors (Lipinski definition) is 11. The van der Waals surface area contributed by atoms with Crippen LogP contribution in [0.25, 0.3) is 11.1 Å². The van der Waals surface area contributed by atoms with Crippen LogP contribution in [0.5, 0.6) is 5.75 Å². The van der Waals surface area contributed by atoms with Crippen LogP contribution in [0, 0.1) is 29.1 Å². The SMILES string of the molecule is COc1c(CN2O[C@@H](CO)[C@@H]([C@H](C)O)[C@H]2C(=O)N[C@H]2C[C@H]3C[C@@H]([C@@H]2C)C3(C)C)cccc1-c1cc(C(=O)NC2NNCS2)cc(N(C)C)c1. The lowest BCUT2D eigenvalue weighted by molar-refractivity contribution is -0.183. The first-order valence-corrected chi connectivity index (χ1v) is 18.3. The molecule has 0 radical (unpaired) electrons. The zero-order valence-corrected chi connectivity index (χ0v) is 30.3. The number of nitrogens with zero attached hydrogens (tertiary/aromatic N) is 2. The van der Waals surface area contributed by atoms with E-state index in [1.165, 1.54) is 6.42 Å². The van der Waals surface area contributed by atoms with Crippen LogP contribution in [0.4, 0.5) is 5.69 Å². The maximum Gasteiger partial charge on any atom is 0.253 e. The maximum atomic E-state index is 14.2. The van der Waals surface area contributed by atoms with Crippen LogP contribution in [0.3, 0.4) is 0 Å². The van der Waals surface area contributed by atoms with Gasteiger partial charge in [0.1, 0.15) is 23.4 Å². The van der Waals surface area contributed by atoms with Gasteiger partial charge in [0, 0.05) is 48.4 Å². The van der Waals surface area contributed by atoms with Crippen molar-refractivity contribution in [2.24, 2.45) is 29.1 Å². The van der Waals surface area contributed by atoms with Crippen molar-refractivity contribution in [3.8, 4) is 16.9 Å². The Morgan fingerprint density at radius 2 is 1.98 bits per heavy atom. The molecule has 2 bridgehead atoms. The molecule has 9 atom stereocenters. The van der Waals surface area contributed by atoms with Crippen molar-refractivity contribution in [1.82, 2.24) is 26.5 Å². The quantitative estimate of drug-likeness (QED) is 0.206. The minimum absolute atomic E-state index is 0.0430. The Balaban J connectivity index is 1.29. The molecular weight excluding hydrogens is 644 g/mol. The average Bonchev–Trinajstić information content (AvgIpc) is 3.72. The highest BCUT2D eigenvalue weighted by Gasteiger charge is 2.57. The van der Waals surface area contributed by atoms with Gasteiger partial charge in [-0.15, -0.1) is 11.8 Å². The number of anilines is 1. The number of nitrogens with one attached hydrogen (secondary N) is 4. The molecule has 1 unspecified atom stereocenters. The molecule has 6 N–H and O–H groups in total. The highest BCUT2D eigenvalue weighted by molar-refractivity contribution is 8.00. The second kappa shape index (κ2) is 14.4. The van der Waals surface area contributed by atoms with Crippen molar-refractivity contribution in [2.45, 2.75) is 76.9 Å². The van der Waals surface area contributed by atoms with E-state index in [9.17, 15) is 19.8 Å². The monoisotopic (exact) mass is 696 g/mol. The summed E-state index contributed by atoms with van der Waals surface area (Å²) in [4.78, 5) is 35.7. The largest absolute Gasteiger partial charge is 0.496 e. The number of para-hydroxylation sites is 1. The summed E-state index contributed by atoms with van der Waals surface area (Å²) in [6.45, 7) is 8.38. The van der Waals surface area contributed by atoms with Gasteiger partial charge in [-0.3, -0.25) is 14.4 Å². The van der Waals surface area contributed by atoms with Gasteiger partial charge in [-0.2, -0.15) is 5.06 Å². The van der Waals surface area contributed by atoms with Crippen LogP contribution in [0.15, 0.2) is 36.4 Å². The van der Waals surface area contributed by atoms with E-state index in [1.807, 2.05) is 55.4 Å². The number of thioether (sulfide) groups is 1. The molecule has 12 nitrogen and oxygen atoms in total. The van der Waals surface area contributed by atoms with Gasteiger partial charge in [0.15, 0.2) is 0 Å². The lowest BCUT2D eigenvalue weighted by Gasteiger charge is -2.62. The smallest absolute Gasteiger partial charge is 0.253 e. The lowest BCUT2D eigenvalue weighted by Crippen LogP contribution is -2.62. The molecule has 2 amide bonds. The van der Waals surface area contributed by atoms with Gasteiger partial charge >= 0.3 is 0 Å². The Morgan fingerprint density at radius 1 is 1.20 bits per heavy atom. The fraction of sp³-hybridized carbons (Fsp3) is 0.611. The van der Waals surface area contributed by atoms with E-state index >= 15 is 0 Å². The lowest BCUT2D eigenvalue weighted by atomic mass is 9.45. The molecule has 2 aromatic rings. The highest BCUT2D eigenvalue weighted by atomic mass is 32.2. The first-order chi connectivity index (χ1) is 23.3. The van der Waals surface area contributed by atoms with Crippen molar-refractivity contribution in [2.75, 3.05) is 38.6 Å². The molecule has 2 saturated heterocycles. The fourth-order valence-electron chi connectivity index (χ4n) is 8.57. The molecule has 0 spiro atoms. The molecule has 5 aliphatic rings. The van der Waals surface area contributed by atoms with Crippen LogP contribution < -0.4 is 31.1 Å². The molecule has 3 saturated carbocycles. The van der Waals surface area contributed by atoms with E-state index in [-0.39, 0.29) is 41.9 Å². The number of aliphatic hydroxyl groups is 2. The molecule has 13 heteroatoms. The molecule has 2 heterocycles. The van der Waals surface area contributed by atoms with E-state index < -0.39 is 24.2 Å². The van der Waals surface area contributed by atoms with Gasteiger partial charge < -0.3 is 30.5 Å². The van der Waals surface area contributed by atoms with Crippen molar-refractivity contribution in [3.63, 3.8) is 0 Å². The highest BCUT2D eigenvalue weighted by Crippen LogP contribution is 2.61. The van der Waals surface area contributed by atoms with E-state index in [4.69, 9.17) is 9.57 Å². The first-order valence-electron chi connectivity index (χ1n) is 17.3. The molecule has 268 valence electrons.